The maximum absolute atomic E-state index is 6.30. The number of benzene rings is 1. The first-order chi connectivity index (χ1) is 9.47. The van der Waals surface area contributed by atoms with Crippen LogP contribution in [0, 0.1) is 19.8 Å². The average Bonchev–Trinajstić information content (AvgIpc) is 2.36. The zero-order valence-electron chi connectivity index (χ0n) is 12.4. The predicted molar refractivity (Wildman–Crippen MR) is 91.7 cm³/mol. The Hall–Kier alpha value is -0.800. The minimum absolute atomic E-state index is 0.480. The smallest absolute Gasteiger partial charge is 0.171 e. The molecule has 1 aliphatic rings. The summed E-state index contributed by atoms with van der Waals surface area (Å²) in [7, 11) is 0. The van der Waals surface area contributed by atoms with Gasteiger partial charge in [-0.25, -0.2) is 0 Å². The normalized spacial score (nSPS) is 22.4. The molecule has 0 saturated heterocycles. The second-order valence-electron chi connectivity index (χ2n) is 5.91. The fourth-order valence-corrected chi connectivity index (χ4v) is 3.54. The van der Waals surface area contributed by atoms with E-state index >= 15 is 0 Å². The van der Waals surface area contributed by atoms with Gasteiger partial charge in [0, 0.05) is 6.04 Å². The van der Waals surface area contributed by atoms with Crippen LogP contribution in [-0.4, -0.2) is 11.2 Å². The second kappa shape index (κ2) is 6.77. The summed E-state index contributed by atoms with van der Waals surface area (Å²) in [4.78, 5) is 0. The van der Waals surface area contributed by atoms with E-state index in [0.29, 0.717) is 17.1 Å². The molecule has 2 atom stereocenters. The zero-order valence-corrected chi connectivity index (χ0v) is 14.0. The van der Waals surface area contributed by atoms with Crippen molar-refractivity contribution in [3.63, 3.8) is 0 Å². The molecule has 4 heteroatoms. The molecule has 1 aromatic rings. The van der Waals surface area contributed by atoms with Crippen LogP contribution in [0.25, 0.3) is 0 Å². The minimum Gasteiger partial charge on any atom is -0.359 e. The predicted octanol–water partition coefficient (Wildman–Crippen LogP) is 4.82. The number of nitrogens with one attached hydrogen (secondary N) is 2. The van der Waals surface area contributed by atoms with E-state index in [9.17, 15) is 0 Å². The topological polar surface area (TPSA) is 24.1 Å². The van der Waals surface area contributed by atoms with E-state index in [-0.39, 0.29) is 0 Å². The van der Waals surface area contributed by atoms with Gasteiger partial charge >= 0.3 is 0 Å². The lowest BCUT2D eigenvalue weighted by atomic mass is 9.86. The molecule has 1 aromatic carbocycles. The van der Waals surface area contributed by atoms with Crippen LogP contribution in [0.2, 0.25) is 5.02 Å². The van der Waals surface area contributed by atoms with Crippen LogP contribution < -0.4 is 10.6 Å². The second-order valence-corrected chi connectivity index (χ2v) is 6.72. The first-order valence-corrected chi connectivity index (χ1v) is 8.10. The number of hydrogen-bond acceptors (Lipinski definition) is 1. The zero-order chi connectivity index (χ0) is 14.7. The molecular weight excluding hydrogens is 288 g/mol. The number of anilines is 1. The Kier molecular flexibility index (Phi) is 5.28. The number of hydrogen-bond donors (Lipinski definition) is 2. The first kappa shape index (κ1) is 15.6. The highest BCUT2D eigenvalue weighted by molar-refractivity contribution is 7.80. The minimum atomic E-state index is 0.480. The molecule has 0 spiro atoms. The molecule has 2 nitrogen and oxygen atoms in total. The van der Waals surface area contributed by atoms with Crippen LogP contribution in [0.1, 0.15) is 43.7 Å². The molecule has 1 fully saturated rings. The summed E-state index contributed by atoms with van der Waals surface area (Å²) in [6.45, 7) is 6.39. The highest BCUT2D eigenvalue weighted by Crippen LogP contribution is 2.28. The van der Waals surface area contributed by atoms with E-state index in [0.717, 1.165) is 21.8 Å². The van der Waals surface area contributed by atoms with Gasteiger partial charge in [0.2, 0.25) is 0 Å². The van der Waals surface area contributed by atoms with Crippen molar-refractivity contribution in [2.45, 2.75) is 52.5 Å². The van der Waals surface area contributed by atoms with E-state index < -0.39 is 0 Å². The molecular formula is C16H23ClN2S. The molecule has 2 N–H and O–H groups in total. The number of aryl methyl sites for hydroxylation is 2. The van der Waals surface area contributed by atoms with E-state index in [1.54, 1.807) is 0 Å². The third-order valence-corrected chi connectivity index (χ3v) is 4.62. The molecule has 0 heterocycles. The van der Waals surface area contributed by atoms with Crippen molar-refractivity contribution in [3.8, 4) is 0 Å². The van der Waals surface area contributed by atoms with Gasteiger partial charge < -0.3 is 10.6 Å². The lowest BCUT2D eigenvalue weighted by Gasteiger charge is -2.30. The SMILES string of the molecule is Cc1cc(C)c(NC(=S)N[C@H]2CCCC[C@H]2C)c(Cl)c1. The average molecular weight is 311 g/mol. The molecule has 0 bridgehead atoms. The molecule has 0 aliphatic heterocycles. The summed E-state index contributed by atoms with van der Waals surface area (Å²) in [6.07, 6.45) is 5.10. The van der Waals surface area contributed by atoms with Gasteiger partial charge in [0.15, 0.2) is 5.11 Å². The van der Waals surface area contributed by atoms with Crippen molar-refractivity contribution in [2.75, 3.05) is 5.32 Å². The summed E-state index contributed by atoms with van der Waals surface area (Å²) in [6, 6.07) is 4.55. The van der Waals surface area contributed by atoms with Crippen LogP contribution in [0.15, 0.2) is 12.1 Å². The fraction of sp³-hybridized carbons (Fsp3) is 0.562. The summed E-state index contributed by atoms with van der Waals surface area (Å²) in [5.74, 6) is 0.679. The molecule has 20 heavy (non-hydrogen) atoms. The van der Waals surface area contributed by atoms with Crippen LogP contribution in [0.3, 0.4) is 0 Å². The lowest BCUT2D eigenvalue weighted by Crippen LogP contribution is -2.43. The Bertz CT molecular complexity index is 478. The summed E-state index contributed by atoms with van der Waals surface area (Å²) in [5.41, 5.74) is 3.20. The molecule has 1 saturated carbocycles. The fourth-order valence-electron chi connectivity index (χ4n) is 2.92. The van der Waals surface area contributed by atoms with E-state index in [1.165, 1.54) is 25.7 Å². The Morgan fingerprint density at radius 2 is 1.95 bits per heavy atom. The van der Waals surface area contributed by atoms with Gasteiger partial charge in [-0.05, 0) is 62.0 Å². The molecule has 2 rings (SSSR count). The Morgan fingerprint density at radius 3 is 2.60 bits per heavy atom. The summed E-state index contributed by atoms with van der Waals surface area (Å²) >= 11 is 11.7. The van der Waals surface area contributed by atoms with Crippen LogP contribution in [0.4, 0.5) is 5.69 Å². The summed E-state index contributed by atoms with van der Waals surface area (Å²) < 4.78 is 0. The largest absolute Gasteiger partial charge is 0.359 e. The first-order valence-electron chi connectivity index (χ1n) is 7.31. The maximum atomic E-state index is 6.30. The van der Waals surface area contributed by atoms with Crippen LogP contribution in [-0.2, 0) is 0 Å². The standard InChI is InChI=1S/C16H23ClN2S/c1-10-8-12(3)15(13(17)9-10)19-16(20)18-14-7-5-4-6-11(14)2/h8-9,11,14H,4-7H2,1-3H3,(H2,18,19,20)/t11-,14+/m1/s1. The van der Waals surface area contributed by atoms with Crippen LogP contribution in [0.5, 0.6) is 0 Å². The molecule has 0 amide bonds. The summed E-state index contributed by atoms with van der Waals surface area (Å²) in [5, 5.41) is 8.11. The molecule has 110 valence electrons. The van der Waals surface area contributed by atoms with Crippen molar-refractivity contribution in [1.82, 2.24) is 5.32 Å². The van der Waals surface area contributed by atoms with E-state index in [1.807, 2.05) is 19.9 Å². The van der Waals surface area contributed by atoms with Crippen molar-refractivity contribution in [3.05, 3.63) is 28.3 Å². The maximum Gasteiger partial charge on any atom is 0.171 e. The van der Waals surface area contributed by atoms with Crippen molar-refractivity contribution >= 4 is 34.6 Å². The van der Waals surface area contributed by atoms with E-state index in [4.69, 9.17) is 23.8 Å². The van der Waals surface area contributed by atoms with Crippen molar-refractivity contribution in [2.24, 2.45) is 5.92 Å². The Morgan fingerprint density at radius 1 is 1.25 bits per heavy atom. The van der Waals surface area contributed by atoms with E-state index in [2.05, 4.69) is 23.6 Å². The monoisotopic (exact) mass is 310 g/mol. The van der Waals surface area contributed by atoms with Gasteiger partial charge in [-0.2, -0.15) is 0 Å². The van der Waals surface area contributed by atoms with Crippen molar-refractivity contribution in [1.29, 1.82) is 0 Å². The van der Waals surface area contributed by atoms with Crippen molar-refractivity contribution < 1.29 is 0 Å². The number of halogens is 1. The van der Waals surface area contributed by atoms with Gasteiger partial charge in [-0.1, -0.05) is 37.4 Å². The third kappa shape index (κ3) is 3.86. The quantitative estimate of drug-likeness (QED) is 0.766. The molecule has 0 radical (unpaired) electrons. The van der Waals surface area contributed by atoms with Gasteiger partial charge in [-0.15, -0.1) is 0 Å². The van der Waals surface area contributed by atoms with Gasteiger partial charge in [-0.3, -0.25) is 0 Å². The lowest BCUT2D eigenvalue weighted by molar-refractivity contribution is 0.309. The Balaban J connectivity index is 2.01. The van der Waals surface area contributed by atoms with Gasteiger partial charge in [0.25, 0.3) is 0 Å². The van der Waals surface area contributed by atoms with Gasteiger partial charge in [0.1, 0.15) is 0 Å². The highest BCUT2D eigenvalue weighted by Gasteiger charge is 2.22. The Labute approximate surface area is 132 Å². The number of thiocarbonyl (C=S) groups is 1. The molecule has 1 aliphatic carbocycles. The molecule has 0 unspecified atom stereocenters. The van der Waals surface area contributed by atoms with Gasteiger partial charge in [0.05, 0.1) is 10.7 Å². The molecule has 0 aromatic heterocycles. The third-order valence-electron chi connectivity index (χ3n) is 4.10. The van der Waals surface area contributed by atoms with Crippen LogP contribution >= 0.6 is 23.8 Å². The highest BCUT2D eigenvalue weighted by atomic mass is 35.5. The number of rotatable bonds is 2.